The van der Waals surface area contributed by atoms with Crippen LogP contribution >= 0.6 is 0 Å². The predicted octanol–water partition coefficient (Wildman–Crippen LogP) is 11.1. The third-order valence-electron chi connectivity index (χ3n) is 11.5. The van der Waals surface area contributed by atoms with Crippen LogP contribution in [0.5, 0.6) is 11.5 Å². The van der Waals surface area contributed by atoms with Gasteiger partial charge in [0.25, 0.3) is 0 Å². The van der Waals surface area contributed by atoms with Gasteiger partial charge in [-0.1, -0.05) is 142 Å². The molecule has 0 fully saturated rings. The van der Waals surface area contributed by atoms with Gasteiger partial charge in [-0.15, -0.1) is 0 Å². The van der Waals surface area contributed by atoms with Crippen molar-refractivity contribution in [1.82, 2.24) is 4.31 Å². The van der Waals surface area contributed by atoms with E-state index in [1.807, 2.05) is 12.1 Å². The van der Waals surface area contributed by atoms with Crippen molar-refractivity contribution in [3.05, 3.63) is 170 Å². The Morgan fingerprint density at radius 1 is 0.733 bits per heavy atom. The minimum atomic E-state index is -4.05. The summed E-state index contributed by atoms with van der Waals surface area (Å²) in [6, 6.07) is 33.0. The van der Waals surface area contributed by atoms with E-state index in [1.54, 1.807) is 26.0 Å². The van der Waals surface area contributed by atoms with Crippen molar-refractivity contribution in [3.8, 4) is 11.5 Å². The molecule has 0 aromatic heterocycles. The van der Waals surface area contributed by atoms with Gasteiger partial charge in [-0.05, 0) is 112 Å². The molecule has 0 unspecified atom stereocenters. The highest BCUT2D eigenvalue weighted by Crippen LogP contribution is 2.40. The molecule has 0 atom stereocenters. The number of nitrogens with zero attached hydrogens (tertiary/aromatic N) is 1. The molecule has 314 valence electrons. The smallest absolute Gasteiger partial charge is 0.333 e. The van der Waals surface area contributed by atoms with Crippen molar-refractivity contribution >= 4 is 27.6 Å². The highest BCUT2D eigenvalue weighted by Gasteiger charge is 2.30. The number of sulfonamides is 1. The molecule has 1 aliphatic heterocycles. The fourth-order valence-corrected chi connectivity index (χ4v) is 9.98. The first-order valence-electron chi connectivity index (χ1n) is 21.4. The third kappa shape index (κ3) is 9.23. The lowest BCUT2D eigenvalue weighted by Crippen LogP contribution is -2.35. The zero-order valence-electron chi connectivity index (χ0n) is 37.1. The Balaban J connectivity index is 1.56. The molecule has 0 saturated carbocycles. The van der Waals surface area contributed by atoms with Crippen LogP contribution in [-0.2, 0) is 26.0 Å². The second kappa shape index (κ2) is 18.6. The van der Waals surface area contributed by atoms with Gasteiger partial charge in [0.1, 0.15) is 18.1 Å². The average Bonchev–Trinajstić information content (AvgIpc) is 3.21. The number of carbonyl (C=O) groups excluding carboxylic acids is 1. The van der Waals surface area contributed by atoms with Gasteiger partial charge >= 0.3 is 5.97 Å². The Kier molecular flexibility index (Phi) is 13.7. The monoisotopic (exact) mass is 823 g/mol. The van der Waals surface area contributed by atoms with Crippen molar-refractivity contribution in [3.63, 3.8) is 0 Å². The average molecular weight is 824 g/mol. The molecule has 1 heterocycles. The molecule has 7 heteroatoms. The number of hydrogen-bond acceptors (Lipinski definition) is 5. The summed E-state index contributed by atoms with van der Waals surface area (Å²) < 4.78 is 42.9. The van der Waals surface area contributed by atoms with Gasteiger partial charge in [0.05, 0.1) is 4.90 Å². The molecule has 6 nitrogen and oxygen atoms in total. The largest absolute Gasteiger partial charge is 0.461 e. The predicted molar refractivity (Wildman–Crippen MR) is 246 cm³/mol. The molecule has 0 spiro atoms. The van der Waals surface area contributed by atoms with E-state index >= 15 is 0 Å². The van der Waals surface area contributed by atoms with Crippen LogP contribution in [0.1, 0.15) is 143 Å². The molecular weight excluding hydrogens is 763 g/mol. The highest BCUT2D eigenvalue weighted by molar-refractivity contribution is 7.89. The number of fused-ring (bicyclic) bond motifs is 2. The second-order valence-electron chi connectivity index (χ2n) is 17.2. The maximum atomic E-state index is 14.6. The van der Waals surface area contributed by atoms with E-state index < -0.39 is 16.0 Å². The molecule has 1 aliphatic rings. The summed E-state index contributed by atoms with van der Waals surface area (Å²) in [5, 5.41) is 1.81. The summed E-state index contributed by atoms with van der Waals surface area (Å²) in [7, 11) is -4.05. The summed E-state index contributed by atoms with van der Waals surface area (Å²) in [4.78, 5) is 12.3. The fraction of sp³-hybridized carbons (Fsp3) is 0.340. The first kappa shape index (κ1) is 44.3. The topological polar surface area (TPSA) is 72.9 Å². The van der Waals surface area contributed by atoms with E-state index in [4.69, 9.17) is 9.47 Å². The van der Waals surface area contributed by atoms with E-state index in [1.165, 1.54) is 37.7 Å². The van der Waals surface area contributed by atoms with Crippen molar-refractivity contribution in [1.29, 1.82) is 0 Å². The van der Waals surface area contributed by atoms with Gasteiger partial charge in [-0.25, -0.2) is 13.2 Å². The lowest BCUT2D eigenvalue weighted by Gasteiger charge is -2.26. The van der Waals surface area contributed by atoms with Crippen LogP contribution in [-0.4, -0.2) is 38.4 Å². The van der Waals surface area contributed by atoms with Crippen LogP contribution in [0.25, 0.3) is 11.6 Å². The summed E-state index contributed by atoms with van der Waals surface area (Å²) in [5.41, 5.74) is 11.4. The number of esters is 1. The lowest BCUT2D eigenvalue weighted by atomic mass is 9.85. The number of rotatable bonds is 15. The van der Waals surface area contributed by atoms with Gasteiger partial charge in [-0.2, -0.15) is 4.31 Å². The van der Waals surface area contributed by atoms with Crippen LogP contribution in [0, 0.1) is 0 Å². The molecule has 0 N–H and O–H groups in total. The lowest BCUT2D eigenvalue weighted by molar-refractivity contribution is -0.139. The van der Waals surface area contributed by atoms with Crippen LogP contribution in [0.15, 0.2) is 114 Å². The van der Waals surface area contributed by atoms with E-state index in [9.17, 15) is 13.2 Å². The van der Waals surface area contributed by atoms with E-state index in [-0.39, 0.29) is 30.2 Å². The Bertz CT molecular complexity index is 2600. The first-order valence-corrected chi connectivity index (χ1v) is 22.8. The molecule has 60 heavy (non-hydrogen) atoms. The standard InChI is InChI=1S/C53H61NO5S/c1-12-54(27-28-58-53(55)37(10)11)60(56,57)51-22-14-13-17-46(51)52-44-25-23-38(29-47-40(33(2)3)18-15-19-41(47)34(4)5)31-49(44)59-50-32-39(24-26-45(50)52)30-48-42(35(6)7)20-16-21-43(48)36(8)9/h13-26,29,31-36H,10,12,27-28,30H2,1-9,11H3/b38-29+. The van der Waals surface area contributed by atoms with Crippen LogP contribution in [0.4, 0.5) is 0 Å². The van der Waals surface area contributed by atoms with Crippen LogP contribution in [0.3, 0.4) is 0 Å². The third-order valence-corrected chi connectivity index (χ3v) is 13.5. The number of carbonyl (C=O) groups is 1. The molecule has 0 saturated heterocycles. The number of likely N-dealkylation sites (N-methyl/N-ethyl adjacent to an activating group) is 1. The van der Waals surface area contributed by atoms with Gasteiger partial charge in [0.2, 0.25) is 10.0 Å². The summed E-state index contributed by atoms with van der Waals surface area (Å²) >= 11 is 0. The second-order valence-corrected chi connectivity index (χ2v) is 19.1. The first-order chi connectivity index (χ1) is 28.5. The molecule has 6 rings (SSSR count). The zero-order chi connectivity index (χ0) is 43.5. The molecule has 0 amide bonds. The number of hydrogen-bond donors (Lipinski definition) is 0. The Morgan fingerprint density at radius 3 is 1.92 bits per heavy atom. The summed E-state index contributed by atoms with van der Waals surface area (Å²) in [5.74, 6) is 2.20. The van der Waals surface area contributed by atoms with E-state index in [0.29, 0.717) is 40.7 Å². The minimum absolute atomic E-state index is 0.00674. The number of benzene rings is 5. The summed E-state index contributed by atoms with van der Waals surface area (Å²) in [6.45, 7) is 25.0. The maximum Gasteiger partial charge on any atom is 0.333 e. The SMILES string of the molecule is C=C(C)C(=O)OCCN(CC)S(=O)(=O)c1ccccc1C1=c2cc/c(=C\c3c(C(C)C)cccc3C(C)C)cc2Oc2cc(Cc3c(C(C)C)cccc3C(C)C)ccc21. The highest BCUT2D eigenvalue weighted by atomic mass is 32.2. The zero-order valence-corrected chi connectivity index (χ0v) is 37.9. The summed E-state index contributed by atoms with van der Waals surface area (Å²) in [6.07, 6.45) is 3.00. The van der Waals surface area contributed by atoms with Gasteiger partial charge in [0.15, 0.2) is 0 Å². The van der Waals surface area contributed by atoms with E-state index in [2.05, 4.69) is 141 Å². The maximum absolute atomic E-state index is 14.6. The molecular formula is C53H61NO5S. The Hall–Kier alpha value is -5.24. The van der Waals surface area contributed by atoms with Gasteiger partial charge in [-0.3, -0.25) is 0 Å². The fourth-order valence-electron chi connectivity index (χ4n) is 8.35. The molecule has 5 aromatic carbocycles. The molecule has 0 bridgehead atoms. The number of ether oxygens (including phenoxy) is 2. The van der Waals surface area contributed by atoms with Crippen LogP contribution < -0.4 is 15.2 Å². The minimum Gasteiger partial charge on any atom is -0.461 e. The van der Waals surface area contributed by atoms with E-state index in [0.717, 1.165) is 33.6 Å². The molecule has 0 aliphatic carbocycles. The van der Waals surface area contributed by atoms with Crippen molar-refractivity contribution in [2.24, 2.45) is 0 Å². The molecule has 0 radical (unpaired) electrons. The quantitative estimate of drug-likeness (QED) is 0.0762. The van der Waals surface area contributed by atoms with Crippen molar-refractivity contribution in [2.75, 3.05) is 19.7 Å². The van der Waals surface area contributed by atoms with Crippen LogP contribution in [0.2, 0.25) is 0 Å². The Labute approximate surface area is 358 Å². The van der Waals surface area contributed by atoms with Crippen molar-refractivity contribution in [2.45, 2.75) is 104 Å². The Morgan fingerprint density at radius 2 is 1.33 bits per heavy atom. The van der Waals surface area contributed by atoms with Crippen molar-refractivity contribution < 1.29 is 22.7 Å². The van der Waals surface area contributed by atoms with Gasteiger partial charge < -0.3 is 9.47 Å². The molecule has 5 aromatic rings. The van der Waals surface area contributed by atoms with Gasteiger partial charge in [0, 0.05) is 40.6 Å². The normalized spacial score (nSPS) is 13.0.